The van der Waals surface area contributed by atoms with Gasteiger partial charge in [-0.1, -0.05) is 24.6 Å². The maximum atomic E-state index is 6.21. The highest BCUT2D eigenvalue weighted by Gasteiger charge is 2.13. The van der Waals surface area contributed by atoms with Crippen molar-refractivity contribution in [2.24, 2.45) is 0 Å². The predicted octanol–water partition coefficient (Wildman–Crippen LogP) is 2.87. The smallest absolute Gasteiger partial charge is 0.214 e. The Morgan fingerprint density at radius 1 is 1.42 bits per heavy atom. The van der Waals surface area contributed by atoms with Crippen LogP contribution in [0.25, 0.3) is 11.0 Å². The molecule has 3 aromatic rings. The van der Waals surface area contributed by atoms with Crippen LogP contribution < -0.4 is 5.73 Å². The first-order valence-electron chi connectivity index (χ1n) is 6.03. The number of hydrogen-bond donors (Lipinski definition) is 1. The zero-order valence-electron chi connectivity index (χ0n) is 10.4. The van der Waals surface area contributed by atoms with E-state index in [9.17, 15) is 0 Å². The minimum Gasteiger partial charge on any atom is -0.444 e. The molecule has 0 aliphatic heterocycles. The molecule has 0 unspecified atom stereocenters. The summed E-state index contributed by atoms with van der Waals surface area (Å²) in [5, 5.41) is 0.615. The molecule has 2 N–H and O–H groups in total. The van der Waals surface area contributed by atoms with E-state index >= 15 is 0 Å². The third-order valence-corrected chi connectivity index (χ3v) is 3.30. The van der Waals surface area contributed by atoms with Crippen molar-refractivity contribution in [2.75, 3.05) is 5.73 Å². The van der Waals surface area contributed by atoms with E-state index in [0.29, 0.717) is 23.4 Å². The van der Waals surface area contributed by atoms with Crippen LogP contribution in [0, 0.1) is 0 Å². The van der Waals surface area contributed by atoms with Crippen LogP contribution in [0.15, 0.2) is 28.8 Å². The van der Waals surface area contributed by atoms with E-state index in [4.69, 9.17) is 21.8 Å². The molecule has 19 heavy (non-hydrogen) atoms. The minimum absolute atomic E-state index is 0.402. The molecule has 0 radical (unpaired) electrons. The molecular formula is C13H13ClN4O. The van der Waals surface area contributed by atoms with Crippen LogP contribution in [0.5, 0.6) is 0 Å². The average molecular weight is 277 g/mol. The Hall–Kier alpha value is -2.01. The van der Waals surface area contributed by atoms with Crippen molar-refractivity contribution in [3.63, 3.8) is 0 Å². The number of nitrogen functional groups attached to an aromatic ring is 1. The van der Waals surface area contributed by atoms with E-state index in [0.717, 1.165) is 23.2 Å². The van der Waals surface area contributed by atoms with Gasteiger partial charge in [0.25, 0.3) is 0 Å². The maximum Gasteiger partial charge on any atom is 0.214 e. The van der Waals surface area contributed by atoms with Crippen LogP contribution in [0.2, 0.25) is 5.02 Å². The number of oxazole rings is 1. The summed E-state index contributed by atoms with van der Waals surface area (Å²) in [7, 11) is 0. The Morgan fingerprint density at radius 3 is 3.00 bits per heavy atom. The second kappa shape index (κ2) is 4.59. The van der Waals surface area contributed by atoms with E-state index in [1.54, 1.807) is 6.20 Å². The number of halogens is 1. The van der Waals surface area contributed by atoms with Gasteiger partial charge in [-0.15, -0.1) is 0 Å². The van der Waals surface area contributed by atoms with Crippen LogP contribution in [-0.4, -0.2) is 14.5 Å². The summed E-state index contributed by atoms with van der Waals surface area (Å²) in [6.07, 6.45) is 2.54. The van der Waals surface area contributed by atoms with Crippen LogP contribution in [0.3, 0.4) is 0 Å². The molecule has 5 nitrogen and oxygen atoms in total. The Labute approximate surface area is 115 Å². The fourth-order valence-electron chi connectivity index (χ4n) is 2.04. The van der Waals surface area contributed by atoms with Crippen molar-refractivity contribution in [1.82, 2.24) is 14.5 Å². The molecule has 2 aromatic heterocycles. The van der Waals surface area contributed by atoms with Gasteiger partial charge in [-0.25, -0.2) is 9.97 Å². The lowest BCUT2D eigenvalue weighted by atomic mass is 10.3. The summed E-state index contributed by atoms with van der Waals surface area (Å²) in [5.74, 6) is 1.85. The fourth-order valence-corrected chi connectivity index (χ4v) is 2.31. The van der Waals surface area contributed by atoms with Crippen LogP contribution in [0.1, 0.15) is 18.6 Å². The van der Waals surface area contributed by atoms with Crippen molar-refractivity contribution in [1.29, 1.82) is 0 Å². The molecule has 98 valence electrons. The van der Waals surface area contributed by atoms with Crippen molar-refractivity contribution in [3.05, 3.63) is 41.1 Å². The Morgan fingerprint density at radius 2 is 2.26 bits per heavy atom. The number of aryl methyl sites for hydroxylation is 1. The van der Waals surface area contributed by atoms with Crippen LogP contribution >= 0.6 is 11.6 Å². The third-order valence-electron chi connectivity index (χ3n) is 2.99. The predicted molar refractivity (Wildman–Crippen MR) is 74.1 cm³/mol. The molecule has 0 amide bonds. The van der Waals surface area contributed by atoms with Gasteiger partial charge in [0, 0.05) is 6.42 Å². The lowest BCUT2D eigenvalue weighted by molar-refractivity contribution is 0.449. The molecule has 0 atom stereocenters. The van der Waals surface area contributed by atoms with Gasteiger partial charge in [-0.05, 0) is 12.1 Å². The topological polar surface area (TPSA) is 69.9 Å². The monoisotopic (exact) mass is 276 g/mol. The minimum atomic E-state index is 0.402. The van der Waals surface area contributed by atoms with Crippen molar-refractivity contribution in [2.45, 2.75) is 19.9 Å². The summed E-state index contributed by atoms with van der Waals surface area (Å²) in [4.78, 5) is 8.51. The summed E-state index contributed by atoms with van der Waals surface area (Å²) in [6, 6.07) is 5.54. The van der Waals surface area contributed by atoms with Gasteiger partial charge in [0.05, 0.1) is 22.3 Å². The lowest BCUT2D eigenvalue weighted by Crippen LogP contribution is -2.05. The van der Waals surface area contributed by atoms with Gasteiger partial charge in [0.15, 0.2) is 0 Å². The van der Waals surface area contributed by atoms with E-state index in [1.807, 2.05) is 29.7 Å². The maximum absolute atomic E-state index is 6.21. The number of fused-ring (bicyclic) bond motifs is 1. The Balaban J connectivity index is 2.07. The van der Waals surface area contributed by atoms with Crippen molar-refractivity contribution < 1.29 is 4.42 Å². The molecule has 0 aliphatic carbocycles. The van der Waals surface area contributed by atoms with E-state index in [2.05, 4.69) is 9.97 Å². The molecule has 3 rings (SSSR count). The molecule has 0 bridgehead atoms. The first-order chi connectivity index (χ1) is 9.19. The molecule has 6 heteroatoms. The normalized spacial score (nSPS) is 11.3. The number of nitrogens with two attached hydrogens (primary N) is 1. The third kappa shape index (κ3) is 2.06. The second-order valence-corrected chi connectivity index (χ2v) is 4.64. The van der Waals surface area contributed by atoms with Crippen LogP contribution in [-0.2, 0) is 13.0 Å². The number of nitrogens with zero attached hydrogens (tertiary/aromatic N) is 3. The summed E-state index contributed by atoms with van der Waals surface area (Å²) in [5.41, 5.74) is 7.51. The second-order valence-electron chi connectivity index (χ2n) is 4.24. The average Bonchev–Trinajstić information content (AvgIpc) is 2.96. The zero-order valence-corrected chi connectivity index (χ0v) is 11.2. The molecule has 0 saturated carbocycles. The highest BCUT2D eigenvalue weighted by molar-refractivity contribution is 6.35. The van der Waals surface area contributed by atoms with E-state index in [-0.39, 0.29) is 0 Å². The fraction of sp³-hybridized carbons (Fsp3) is 0.231. The first kappa shape index (κ1) is 12.0. The van der Waals surface area contributed by atoms with Gasteiger partial charge in [0.2, 0.25) is 11.8 Å². The van der Waals surface area contributed by atoms with E-state index in [1.165, 1.54) is 0 Å². The Bertz CT molecular complexity index is 731. The largest absolute Gasteiger partial charge is 0.444 e. The van der Waals surface area contributed by atoms with Gasteiger partial charge in [-0.2, -0.15) is 0 Å². The first-order valence-corrected chi connectivity index (χ1v) is 6.40. The number of anilines is 1. The number of rotatable bonds is 3. The zero-order chi connectivity index (χ0) is 13.4. The molecule has 0 fully saturated rings. The number of para-hydroxylation sites is 1. The SMILES string of the molecule is CCc1cnc(Cn2c(N)nc3cccc(Cl)c32)o1. The van der Waals surface area contributed by atoms with Crippen molar-refractivity contribution in [3.8, 4) is 0 Å². The van der Waals surface area contributed by atoms with E-state index < -0.39 is 0 Å². The quantitative estimate of drug-likeness (QED) is 0.798. The van der Waals surface area contributed by atoms with Gasteiger partial charge < -0.3 is 10.2 Å². The number of aromatic nitrogens is 3. The highest BCUT2D eigenvalue weighted by atomic mass is 35.5. The highest BCUT2D eigenvalue weighted by Crippen LogP contribution is 2.26. The molecular weight excluding hydrogens is 264 g/mol. The Kier molecular flexibility index (Phi) is 2.91. The molecule has 0 spiro atoms. The van der Waals surface area contributed by atoms with Gasteiger partial charge >= 0.3 is 0 Å². The molecule has 2 heterocycles. The number of benzene rings is 1. The molecule has 0 aliphatic rings. The number of hydrogen-bond acceptors (Lipinski definition) is 4. The van der Waals surface area contributed by atoms with Crippen LogP contribution in [0.4, 0.5) is 5.95 Å². The summed E-state index contributed by atoms with van der Waals surface area (Å²) in [6.45, 7) is 2.44. The summed E-state index contributed by atoms with van der Waals surface area (Å²) >= 11 is 6.21. The lowest BCUT2D eigenvalue weighted by Gasteiger charge is -2.04. The molecule has 1 aromatic carbocycles. The molecule has 0 saturated heterocycles. The summed E-state index contributed by atoms with van der Waals surface area (Å²) < 4.78 is 7.40. The standard InChI is InChI=1S/C13H13ClN4O/c1-2-8-6-16-11(19-8)7-18-12-9(14)4-3-5-10(12)17-13(18)15/h3-6H,2,7H2,1H3,(H2,15,17). The van der Waals surface area contributed by atoms with Gasteiger partial charge in [-0.3, -0.25) is 4.57 Å². The number of imidazole rings is 1. The van der Waals surface area contributed by atoms with Gasteiger partial charge in [0.1, 0.15) is 12.3 Å². The van der Waals surface area contributed by atoms with Crippen molar-refractivity contribution >= 4 is 28.6 Å².